The number of benzene rings is 2. The summed E-state index contributed by atoms with van der Waals surface area (Å²) in [4.78, 5) is 19.2. The molecule has 0 fully saturated rings. The third kappa shape index (κ3) is 4.42. The molecule has 0 saturated heterocycles. The smallest absolute Gasteiger partial charge is 0.266 e. The molecule has 0 atom stereocenters. The second kappa shape index (κ2) is 8.52. The molecule has 132 valence electrons. The summed E-state index contributed by atoms with van der Waals surface area (Å²) in [6, 6.07) is 15.6. The maximum Gasteiger partial charge on any atom is 0.266 e. The first-order valence-electron chi connectivity index (χ1n) is 8.07. The van der Waals surface area contributed by atoms with Gasteiger partial charge >= 0.3 is 0 Å². The summed E-state index contributed by atoms with van der Waals surface area (Å²) in [5.74, 6) is 0.916. The Morgan fingerprint density at radius 2 is 1.76 bits per heavy atom. The number of aromatic nitrogens is 2. The van der Waals surface area contributed by atoms with Crippen LogP contribution in [0.5, 0.6) is 0 Å². The van der Waals surface area contributed by atoms with E-state index in [1.807, 2.05) is 55.5 Å². The Labute approximate surface area is 158 Å². The molecule has 4 nitrogen and oxygen atoms in total. The minimum absolute atomic E-state index is 0. The normalized spacial score (nSPS) is 10.9. The summed E-state index contributed by atoms with van der Waals surface area (Å²) < 4.78 is 1.73. The number of thioether (sulfide) groups is 1. The van der Waals surface area contributed by atoms with Crippen molar-refractivity contribution in [2.45, 2.75) is 12.1 Å². The lowest BCUT2D eigenvalue weighted by atomic mass is 10.2. The van der Waals surface area contributed by atoms with Crippen LogP contribution in [0.15, 0.2) is 58.5 Å². The molecule has 1 N–H and O–H groups in total. The highest BCUT2D eigenvalue weighted by molar-refractivity contribution is 7.99. The quantitative estimate of drug-likeness (QED) is 0.456. The van der Waals surface area contributed by atoms with Gasteiger partial charge in [-0.1, -0.05) is 41.6 Å². The highest BCUT2D eigenvalue weighted by atomic mass is 35.5. The molecule has 25 heavy (non-hydrogen) atoms. The van der Waals surface area contributed by atoms with E-state index in [0.29, 0.717) is 5.39 Å². The minimum Gasteiger partial charge on any atom is -1.00 e. The zero-order valence-corrected chi connectivity index (χ0v) is 16.2. The number of hydrogen-bond donors (Lipinski definition) is 1. The van der Waals surface area contributed by atoms with Crippen LogP contribution in [-0.4, -0.2) is 35.9 Å². The molecule has 0 unspecified atom stereocenters. The molecule has 0 aliphatic rings. The molecular formula is C19H22ClN3OS. The van der Waals surface area contributed by atoms with Crippen LogP contribution >= 0.6 is 11.8 Å². The van der Waals surface area contributed by atoms with Gasteiger partial charge in [0.1, 0.15) is 0 Å². The Morgan fingerprint density at radius 1 is 1.08 bits per heavy atom. The molecule has 0 bridgehead atoms. The average molecular weight is 376 g/mol. The van der Waals surface area contributed by atoms with Gasteiger partial charge in [0.05, 0.1) is 43.0 Å². The van der Waals surface area contributed by atoms with E-state index >= 15 is 0 Å². The van der Waals surface area contributed by atoms with Gasteiger partial charge in [0.25, 0.3) is 5.56 Å². The molecule has 3 aromatic rings. The number of fused-ring (bicyclic) bond motifs is 1. The van der Waals surface area contributed by atoms with Crippen LogP contribution in [0.2, 0.25) is 0 Å². The Morgan fingerprint density at radius 3 is 2.44 bits per heavy atom. The van der Waals surface area contributed by atoms with Crippen molar-refractivity contribution in [2.24, 2.45) is 0 Å². The first-order chi connectivity index (χ1) is 11.6. The summed E-state index contributed by atoms with van der Waals surface area (Å²) in [6.07, 6.45) is 0. The predicted molar refractivity (Wildman–Crippen MR) is 100 cm³/mol. The van der Waals surface area contributed by atoms with Crippen molar-refractivity contribution in [1.82, 2.24) is 9.55 Å². The Kier molecular flexibility index (Phi) is 6.64. The number of halogens is 1. The first kappa shape index (κ1) is 19.5. The van der Waals surface area contributed by atoms with Crippen molar-refractivity contribution in [3.05, 3.63) is 64.4 Å². The summed E-state index contributed by atoms with van der Waals surface area (Å²) >= 11 is 1.63. The first-order valence-corrected chi connectivity index (χ1v) is 9.05. The van der Waals surface area contributed by atoms with Crippen molar-refractivity contribution < 1.29 is 17.3 Å². The largest absolute Gasteiger partial charge is 1.00 e. The standard InChI is InChI=1S/C19H21N3OS.ClH/c1-14-8-10-15(11-9-14)22-18(23)16-6-4-5-7-17(16)20-19(22)24-13-12-21(2)3;/h4-11H,12-13H2,1-3H3;1H. The van der Waals surface area contributed by atoms with E-state index < -0.39 is 0 Å². The summed E-state index contributed by atoms with van der Waals surface area (Å²) in [6.45, 7) is 3.06. The number of aryl methyl sites for hydroxylation is 1. The van der Waals surface area contributed by atoms with E-state index in [2.05, 4.69) is 14.1 Å². The van der Waals surface area contributed by atoms with Gasteiger partial charge in [0.15, 0.2) is 5.16 Å². The lowest BCUT2D eigenvalue weighted by Gasteiger charge is -2.14. The zero-order chi connectivity index (χ0) is 17.1. The molecule has 0 saturated carbocycles. The topological polar surface area (TPSA) is 39.3 Å². The molecule has 1 aromatic heterocycles. The Hall–Kier alpha value is -1.82. The van der Waals surface area contributed by atoms with Crippen LogP contribution in [0.25, 0.3) is 16.6 Å². The van der Waals surface area contributed by atoms with Gasteiger partial charge in [-0.05, 0) is 31.2 Å². The number of hydrogen-bond acceptors (Lipinski definition) is 3. The highest BCUT2D eigenvalue weighted by Gasteiger charge is 2.13. The number of nitrogens with zero attached hydrogens (tertiary/aromatic N) is 2. The van der Waals surface area contributed by atoms with E-state index in [0.717, 1.165) is 28.7 Å². The van der Waals surface area contributed by atoms with Crippen LogP contribution in [-0.2, 0) is 0 Å². The third-order valence-corrected chi connectivity index (χ3v) is 4.81. The van der Waals surface area contributed by atoms with Gasteiger partial charge in [0.2, 0.25) is 0 Å². The summed E-state index contributed by atoms with van der Waals surface area (Å²) in [7, 11) is 4.25. The van der Waals surface area contributed by atoms with E-state index in [4.69, 9.17) is 4.98 Å². The summed E-state index contributed by atoms with van der Waals surface area (Å²) in [5, 5.41) is 1.41. The number of rotatable bonds is 5. The second-order valence-corrected chi connectivity index (χ2v) is 7.26. The highest BCUT2D eigenvalue weighted by Crippen LogP contribution is 2.21. The predicted octanol–water partition coefficient (Wildman–Crippen LogP) is -1.07. The van der Waals surface area contributed by atoms with E-state index in [1.165, 1.54) is 10.5 Å². The van der Waals surface area contributed by atoms with Crippen LogP contribution in [0.3, 0.4) is 0 Å². The van der Waals surface area contributed by atoms with Gasteiger partial charge in [-0.2, -0.15) is 0 Å². The zero-order valence-electron chi connectivity index (χ0n) is 14.6. The lowest BCUT2D eigenvalue weighted by Crippen LogP contribution is -3.06. The molecule has 0 amide bonds. The Balaban J connectivity index is 0.00000225. The van der Waals surface area contributed by atoms with E-state index in [-0.39, 0.29) is 18.0 Å². The van der Waals surface area contributed by atoms with Crippen LogP contribution in [0, 0.1) is 6.92 Å². The molecule has 6 heteroatoms. The van der Waals surface area contributed by atoms with Crippen LogP contribution < -0.4 is 22.9 Å². The van der Waals surface area contributed by atoms with Gasteiger partial charge in [-0.15, -0.1) is 0 Å². The molecule has 1 heterocycles. The lowest BCUT2D eigenvalue weighted by molar-refractivity contribution is -0.855. The van der Waals surface area contributed by atoms with Gasteiger partial charge in [-0.3, -0.25) is 9.36 Å². The van der Waals surface area contributed by atoms with Crippen molar-refractivity contribution in [1.29, 1.82) is 0 Å². The van der Waals surface area contributed by atoms with Gasteiger partial charge < -0.3 is 17.3 Å². The monoisotopic (exact) mass is 375 g/mol. The summed E-state index contributed by atoms with van der Waals surface area (Å²) in [5.41, 5.74) is 2.78. The average Bonchev–Trinajstić information content (AvgIpc) is 2.56. The molecule has 2 aromatic carbocycles. The van der Waals surface area contributed by atoms with Gasteiger partial charge in [0, 0.05) is 0 Å². The minimum atomic E-state index is -0.0100. The van der Waals surface area contributed by atoms with E-state index in [1.54, 1.807) is 16.3 Å². The maximum absolute atomic E-state index is 13.0. The molecule has 0 spiro atoms. The van der Waals surface area contributed by atoms with Crippen molar-refractivity contribution in [2.75, 3.05) is 26.4 Å². The number of nitrogens with one attached hydrogen (secondary N) is 1. The molecule has 0 aliphatic carbocycles. The third-order valence-electron chi connectivity index (χ3n) is 3.87. The van der Waals surface area contributed by atoms with Crippen LogP contribution in [0.4, 0.5) is 0 Å². The van der Waals surface area contributed by atoms with Crippen LogP contribution in [0.1, 0.15) is 5.56 Å². The fourth-order valence-corrected chi connectivity index (χ4v) is 3.65. The van der Waals surface area contributed by atoms with E-state index in [9.17, 15) is 4.79 Å². The SMILES string of the molecule is Cc1ccc(-n2c(SCC[NH+](C)C)nc3ccccc3c2=O)cc1.[Cl-]. The number of para-hydroxylation sites is 1. The molecule has 0 aliphatic heterocycles. The molecule has 3 rings (SSSR count). The molecular weight excluding hydrogens is 354 g/mol. The molecule has 0 radical (unpaired) electrons. The van der Waals surface area contributed by atoms with Crippen molar-refractivity contribution >= 4 is 22.7 Å². The fourth-order valence-electron chi connectivity index (χ4n) is 2.48. The Bertz CT molecular complexity index is 907. The van der Waals surface area contributed by atoms with Gasteiger partial charge in [-0.25, -0.2) is 4.98 Å². The number of quaternary nitrogens is 1. The van der Waals surface area contributed by atoms with Crippen molar-refractivity contribution in [3.63, 3.8) is 0 Å². The fraction of sp³-hybridized carbons (Fsp3) is 0.263. The second-order valence-electron chi connectivity index (χ2n) is 6.19. The maximum atomic E-state index is 13.0. The van der Waals surface area contributed by atoms with Crippen molar-refractivity contribution in [3.8, 4) is 5.69 Å².